The van der Waals surface area contributed by atoms with E-state index in [0.717, 1.165) is 48.3 Å². The van der Waals surface area contributed by atoms with Gasteiger partial charge in [0, 0.05) is 31.2 Å². The summed E-state index contributed by atoms with van der Waals surface area (Å²) in [5, 5.41) is 13.2. The monoisotopic (exact) mass is 408 g/mol. The molecule has 7 nitrogen and oxygen atoms in total. The van der Waals surface area contributed by atoms with Crippen molar-refractivity contribution in [2.45, 2.75) is 12.6 Å². The predicted octanol–water partition coefficient (Wildman–Crippen LogP) is 2.73. The van der Waals surface area contributed by atoms with E-state index < -0.39 is 0 Å². The number of halogens is 2. The van der Waals surface area contributed by atoms with Crippen LogP contribution in [0.4, 0.5) is 0 Å². The van der Waals surface area contributed by atoms with Gasteiger partial charge in [0.05, 0.1) is 12.3 Å². The number of rotatable bonds is 5. The minimum Gasteiger partial charge on any atom is -0.467 e. The van der Waals surface area contributed by atoms with Gasteiger partial charge in [0.25, 0.3) is 0 Å². The topological polar surface area (TPSA) is 63.2 Å². The van der Waals surface area contributed by atoms with Crippen LogP contribution in [-0.4, -0.2) is 63.2 Å². The molecule has 0 saturated carbocycles. The van der Waals surface area contributed by atoms with Crippen molar-refractivity contribution in [3.63, 3.8) is 0 Å². The van der Waals surface area contributed by atoms with E-state index in [1.165, 1.54) is 0 Å². The van der Waals surface area contributed by atoms with Gasteiger partial charge in [0.2, 0.25) is 0 Å². The minimum atomic E-state index is -0.0223. The largest absolute Gasteiger partial charge is 0.467 e. The third kappa shape index (κ3) is 4.50. The fourth-order valence-corrected chi connectivity index (χ4v) is 3.44. The molecule has 1 aliphatic heterocycles. The highest BCUT2D eigenvalue weighted by Crippen LogP contribution is 2.29. The molecule has 3 aromatic rings. The summed E-state index contributed by atoms with van der Waals surface area (Å²) in [7, 11) is 2.15. The molecule has 0 N–H and O–H groups in total. The number of hydrogen-bond donors (Lipinski definition) is 0. The van der Waals surface area contributed by atoms with Crippen molar-refractivity contribution in [2.24, 2.45) is 0 Å². The molecule has 0 amide bonds. The molecule has 27 heavy (non-hydrogen) atoms. The molecule has 0 radical (unpaired) electrons. The van der Waals surface area contributed by atoms with E-state index in [9.17, 15) is 0 Å². The van der Waals surface area contributed by atoms with Gasteiger partial charge in [-0.2, -0.15) is 0 Å². The first-order valence-electron chi connectivity index (χ1n) is 8.67. The summed E-state index contributed by atoms with van der Waals surface area (Å²) in [5.41, 5.74) is 1.13. The summed E-state index contributed by atoms with van der Waals surface area (Å²) in [4.78, 5) is 4.76. The van der Waals surface area contributed by atoms with Crippen molar-refractivity contribution < 1.29 is 4.42 Å². The fraction of sp³-hybridized carbons (Fsp3) is 0.389. The molecule has 1 saturated heterocycles. The highest BCUT2D eigenvalue weighted by molar-refractivity contribution is 6.30. The Kier molecular flexibility index (Phi) is 6.49. The molecule has 4 rings (SSSR count). The van der Waals surface area contributed by atoms with Crippen LogP contribution < -0.4 is 0 Å². The molecule has 0 bridgehead atoms. The zero-order chi connectivity index (χ0) is 17.9. The molecule has 1 unspecified atom stereocenters. The highest BCUT2D eigenvalue weighted by atomic mass is 35.5. The van der Waals surface area contributed by atoms with Gasteiger partial charge in [-0.25, -0.2) is 4.68 Å². The van der Waals surface area contributed by atoms with Crippen molar-refractivity contribution in [1.29, 1.82) is 0 Å². The molecule has 1 aromatic carbocycles. The first-order chi connectivity index (χ1) is 12.7. The molecule has 9 heteroatoms. The molecule has 1 fully saturated rings. The van der Waals surface area contributed by atoms with Crippen LogP contribution in [0.15, 0.2) is 47.1 Å². The first kappa shape index (κ1) is 19.8. The summed E-state index contributed by atoms with van der Waals surface area (Å²) in [6, 6.07) is 11.7. The van der Waals surface area contributed by atoms with Crippen LogP contribution in [0, 0.1) is 0 Å². The number of aromatic nitrogens is 4. The Bertz CT molecular complexity index is 828. The summed E-state index contributed by atoms with van der Waals surface area (Å²) < 4.78 is 7.28. The van der Waals surface area contributed by atoms with E-state index in [1.807, 2.05) is 28.9 Å². The van der Waals surface area contributed by atoms with Crippen molar-refractivity contribution in [3.05, 3.63) is 64.8 Å². The molecular weight excluding hydrogens is 387 g/mol. The van der Waals surface area contributed by atoms with E-state index in [0.29, 0.717) is 6.54 Å². The van der Waals surface area contributed by atoms with Crippen molar-refractivity contribution in [1.82, 2.24) is 30.0 Å². The normalized spacial score (nSPS) is 16.8. The number of benzene rings is 1. The van der Waals surface area contributed by atoms with Crippen LogP contribution in [0.2, 0.25) is 5.02 Å². The second-order valence-electron chi connectivity index (χ2n) is 6.57. The first-order valence-corrected chi connectivity index (χ1v) is 9.05. The Morgan fingerprint density at radius 2 is 1.85 bits per heavy atom. The molecular formula is C18H22Cl2N6O. The van der Waals surface area contributed by atoms with E-state index in [-0.39, 0.29) is 18.4 Å². The van der Waals surface area contributed by atoms with Crippen LogP contribution in [0.3, 0.4) is 0 Å². The van der Waals surface area contributed by atoms with Gasteiger partial charge in [-0.15, -0.1) is 17.5 Å². The number of nitrogens with zero attached hydrogens (tertiary/aromatic N) is 6. The molecule has 1 atom stereocenters. The number of piperazine rings is 1. The van der Waals surface area contributed by atoms with Crippen LogP contribution in [0.5, 0.6) is 0 Å². The van der Waals surface area contributed by atoms with Gasteiger partial charge in [0.15, 0.2) is 5.82 Å². The van der Waals surface area contributed by atoms with Gasteiger partial charge in [-0.3, -0.25) is 4.90 Å². The Balaban J connectivity index is 0.00000210. The van der Waals surface area contributed by atoms with Crippen molar-refractivity contribution in [2.75, 3.05) is 33.2 Å². The number of hydrogen-bond acceptors (Lipinski definition) is 6. The molecule has 3 heterocycles. The SMILES string of the molecule is CN1CCN(C(c2ccc(Cl)cc2)c2nnnn2Cc2ccco2)CC1.Cl. The lowest BCUT2D eigenvalue weighted by Crippen LogP contribution is -2.46. The van der Waals surface area contributed by atoms with Gasteiger partial charge < -0.3 is 9.32 Å². The summed E-state index contributed by atoms with van der Waals surface area (Å²) in [6.07, 6.45) is 1.66. The minimum absolute atomic E-state index is 0. The zero-order valence-corrected chi connectivity index (χ0v) is 16.6. The molecule has 0 spiro atoms. The molecule has 1 aliphatic rings. The van der Waals surface area contributed by atoms with Crippen molar-refractivity contribution >= 4 is 24.0 Å². The van der Waals surface area contributed by atoms with Gasteiger partial charge in [-0.05, 0) is 47.3 Å². The quantitative estimate of drug-likeness (QED) is 0.646. The van der Waals surface area contributed by atoms with E-state index in [4.69, 9.17) is 16.0 Å². The van der Waals surface area contributed by atoms with Crippen LogP contribution in [0.1, 0.15) is 23.2 Å². The van der Waals surface area contributed by atoms with Gasteiger partial charge >= 0.3 is 0 Å². The lowest BCUT2D eigenvalue weighted by molar-refractivity contribution is 0.121. The smallest absolute Gasteiger partial charge is 0.173 e. The molecule has 144 valence electrons. The van der Waals surface area contributed by atoms with Crippen LogP contribution in [-0.2, 0) is 6.54 Å². The second kappa shape index (κ2) is 8.84. The lowest BCUT2D eigenvalue weighted by atomic mass is 10.0. The third-order valence-corrected chi connectivity index (χ3v) is 5.03. The maximum Gasteiger partial charge on any atom is 0.173 e. The van der Waals surface area contributed by atoms with Crippen LogP contribution in [0.25, 0.3) is 0 Å². The zero-order valence-electron chi connectivity index (χ0n) is 15.0. The maximum absolute atomic E-state index is 6.09. The Labute approximate surface area is 169 Å². The number of likely N-dealkylation sites (N-methyl/N-ethyl adjacent to an activating group) is 1. The van der Waals surface area contributed by atoms with Crippen LogP contribution >= 0.6 is 24.0 Å². The summed E-state index contributed by atoms with van der Waals surface area (Å²) in [6.45, 7) is 4.45. The van der Waals surface area contributed by atoms with E-state index in [2.05, 4.69) is 44.5 Å². The Morgan fingerprint density at radius 1 is 1.11 bits per heavy atom. The average molecular weight is 409 g/mol. The second-order valence-corrected chi connectivity index (χ2v) is 7.00. The number of furan rings is 1. The molecule has 0 aliphatic carbocycles. The number of tetrazole rings is 1. The fourth-order valence-electron chi connectivity index (χ4n) is 3.32. The Hall–Kier alpha value is -1.93. The van der Waals surface area contributed by atoms with E-state index >= 15 is 0 Å². The predicted molar refractivity (Wildman–Crippen MR) is 105 cm³/mol. The lowest BCUT2D eigenvalue weighted by Gasteiger charge is -2.37. The standard InChI is InChI=1S/C18H21ClN6O.ClH/c1-23-8-10-24(11-9-23)17(14-4-6-15(19)7-5-14)18-20-21-22-25(18)13-16-3-2-12-26-16;/h2-7,12,17H,8-11,13H2,1H3;1H. The average Bonchev–Trinajstić information content (AvgIpc) is 3.32. The highest BCUT2D eigenvalue weighted by Gasteiger charge is 2.30. The summed E-state index contributed by atoms with van der Waals surface area (Å²) in [5.74, 6) is 1.64. The summed E-state index contributed by atoms with van der Waals surface area (Å²) >= 11 is 6.09. The third-order valence-electron chi connectivity index (χ3n) is 4.78. The molecule has 2 aromatic heterocycles. The maximum atomic E-state index is 6.09. The van der Waals surface area contributed by atoms with E-state index in [1.54, 1.807) is 6.26 Å². The van der Waals surface area contributed by atoms with Gasteiger partial charge in [0.1, 0.15) is 12.3 Å². The van der Waals surface area contributed by atoms with Gasteiger partial charge in [-0.1, -0.05) is 23.7 Å². The Morgan fingerprint density at radius 3 is 2.52 bits per heavy atom. The van der Waals surface area contributed by atoms with Crippen molar-refractivity contribution in [3.8, 4) is 0 Å².